The van der Waals surface area contributed by atoms with Gasteiger partial charge in [0, 0.05) is 19.3 Å². The molecule has 0 spiro atoms. The SMILES string of the molecule is CCCN(CC)S(=O)(=O)c1cc(S(C)(=O)=O)ccc1F. The zero-order chi connectivity index (χ0) is 15.6. The van der Waals surface area contributed by atoms with Gasteiger partial charge in [-0.25, -0.2) is 21.2 Å². The van der Waals surface area contributed by atoms with E-state index < -0.39 is 30.6 Å². The fourth-order valence-electron chi connectivity index (χ4n) is 1.75. The van der Waals surface area contributed by atoms with Crippen molar-refractivity contribution in [2.75, 3.05) is 19.3 Å². The van der Waals surface area contributed by atoms with Gasteiger partial charge in [0.05, 0.1) is 4.90 Å². The van der Waals surface area contributed by atoms with E-state index in [-0.39, 0.29) is 18.0 Å². The van der Waals surface area contributed by atoms with Crippen molar-refractivity contribution in [3.05, 3.63) is 24.0 Å². The second-order valence-electron chi connectivity index (χ2n) is 4.36. The fraction of sp³-hybridized carbons (Fsp3) is 0.500. The first kappa shape index (κ1) is 17.1. The summed E-state index contributed by atoms with van der Waals surface area (Å²) < 4.78 is 62.5. The van der Waals surface area contributed by atoms with E-state index in [1.165, 1.54) is 0 Å². The summed E-state index contributed by atoms with van der Waals surface area (Å²) >= 11 is 0. The number of rotatable bonds is 6. The lowest BCUT2D eigenvalue weighted by molar-refractivity contribution is 0.422. The summed E-state index contributed by atoms with van der Waals surface area (Å²) in [4.78, 5) is -0.819. The molecule has 0 heterocycles. The van der Waals surface area contributed by atoms with E-state index in [0.29, 0.717) is 6.42 Å². The van der Waals surface area contributed by atoms with E-state index in [4.69, 9.17) is 0 Å². The second kappa shape index (κ2) is 6.19. The lowest BCUT2D eigenvalue weighted by Gasteiger charge is -2.20. The minimum atomic E-state index is -4.03. The predicted molar refractivity (Wildman–Crippen MR) is 74.2 cm³/mol. The van der Waals surface area contributed by atoms with Gasteiger partial charge in [-0.1, -0.05) is 13.8 Å². The standard InChI is InChI=1S/C12H18FNO4S2/c1-4-8-14(5-2)20(17,18)12-9-10(19(3,15)16)6-7-11(12)13/h6-7,9H,4-5,8H2,1-3H3. The Morgan fingerprint density at radius 2 is 1.75 bits per heavy atom. The predicted octanol–water partition coefficient (Wildman–Crippen LogP) is 1.65. The molecule has 0 radical (unpaired) electrons. The van der Waals surface area contributed by atoms with Crippen LogP contribution in [-0.4, -0.2) is 40.5 Å². The Labute approximate surface area is 119 Å². The smallest absolute Gasteiger partial charge is 0.224 e. The van der Waals surface area contributed by atoms with E-state index in [9.17, 15) is 21.2 Å². The molecular weight excluding hydrogens is 305 g/mol. The van der Waals surface area contributed by atoms with E-state index in [0.717, 1.165) is 28.8 Å². The van der Waals surface area contributed by atoms with Crippen LogP contribution in [0.5, 0.6) is 0 Å². The molecule has 0 fully saturated rings. The number of hydrogen-bond donors (Lipinski definition) is 0. The Balaban J connectivity index is 3.45. The van der Waals surface area contributed by atoms with Crippen molar-refractivity contribution >= 4 is 19.9 Å². The molecule has 1 aromatic carbocycles. The molecule has 0 atom stereocenters. The van der Waals surface area contributed by atoms with E-state index >= 15 is 0 Å². The van der Waals surface area contributed by atoms with Crippen molar-refractivity contribution < 1.29 is 21.2 Å². The van der Waals surface area contributed by atoms with Crippen LogP contribution in [0.25, 0.3) is 0 Å². The number of sulfone groups is 1. The monoisotopic (exact) mass is 323 g/mol. The zero-order valence-electron chi connectivity index (χ0n) is 11.6. The Hall–Kier alpha value is -0.990. The Morgan fingerprint density at radius 3 is 2.20 bits per heavy atom. The van der Waals surface area contributed by atoms with Crippen LogP contribution in [0, 0.1) is 5.82 Å². The molecule has 0 aliphatic rings. The molecule has 5 nitrogen and oxygen atoms in total. The minimum absolute atomic E-state index is 0.193. The van der Waals surface area contributed by atoms with Crippen LogP contribution in [0.1, 0.15) is 20.3 Å². The molecule has 0 aliphatic carbocycles. The normalized spacial score (nSPS) is 12.8. The van der Waals surface area contributed by atoms with Crippen molar-refractivity contribution in [3.8, 4) is 0 Å². The quantitative estimate of drug-likeness (QED) is 0.746. The Morgan fingerprint density at radius 1 is 1.15 bits per heavy atom. The minimum Gasteiger partial charge on any atom is -0.224 e. The van der Waals surface area contributed by atoms with E-state index in [1.54, 1.807) is 6.92 Å². The van der Waals surface area contributed by atoms with Crippen LogP contribution in [0.4, 0.5) is 4.39 Å². The van der Waals surface area contributed by atoms with Gasteiger partial charge in [0.2, 0.25) is 10.0 Å². The lowest BCUT2D eigenvalue weighted by atomic mass is 10.3. The van der Waals surface area contributed by atoms with Crippen LogP contribution in [0.15, 0.2) is 28.0 Å². The molecule has 0 bridgehead atoms. The van der Waals surface area contributed by atoms with Crippen LogP contribution in [0.3, 0.4) is 0 Å². The maximum absolute atomic E-state index is 13.8. The molecule has 0 saturated heterocycles. The Bertz CT molecular complexity index is 683. The molecule has 20 heavy (non-hydrogen) atoms. The molecule has 1 aromatic rings. The molecule has 0 aromatic heterocycles. The third-order valence-electron chi connectivity index (χ3n) is 2.77. The summed E-state index contributed by atoms with van der Waals surface area (Å²) in [6, 6.07) is 2.79. The highest BCUT2D eigenvalue weighted by atomic mass is 32.2. The van der Waals surface area contributed by atoms with Crippen molar-refractivity contribution in [2.24, 2.45) is 0 Å². The average Bonchev–Trinajstić information content (AvgIpc) is 2.34. The van der Waals surface area contributed by atoms with Crippen molar-refractivity contribution in [1.29, 1.82) is 0 Å². The van der Waals surface area contributed by atoms with Gasteiger partial charge in [0.15, 0.2) is 9.84 Å². The first-order chi connectivity index (χ1) is 9.14. The van der Waals surface area contributed by atoms with Crippen LogP contribution in [0.2, 0.25) is 0 Å². The molecule has 0 unspecified atom stereocenters. The van der Waals surface area contributed by atoms with Gasteiger partial charge in [-0.05, 0) is 24.6 Å². The molecule has 114 valence electrons. The molecular formula is C12H18FNO4S2. The number of nitrogens with zero attached hydrogens (tertiary/aromatic N) is 1. The summed E-state index contributed by atoms with van der Waals surface area (Å²) in [6.45, 7) is 3.90. The largest absolute Gasteiger partial charge is 0.246 e. The first-order valence-corrected chi connectivity index (χ1v) is 9.47. The molecule has 0 amide bonds. The van der Waals surface area contributed by atoms with Gasteiger partial charge in [-0.2, -0.15) is 4.31 Å². The summed E-state index contributed by atoms with van der Waals surface area (Å²) in [5, 5.41) is 0. The van der Waals surface area contributed by atoms with Crippen molar-refractivity contribution in [3.63, 3.8) is 0 Å². The lowest BCUT2D eigenvalue weighted by Crippen LogP contribution is -2.32. The zero-order valence-corrected chi connectivity index (χ0v) is 13.3. The summed E-state index contributed by atoms with van der Waals surface area (Å²) in [6.07, 6.45) is 1.53. The van der Waals surface area contributed by atoms with Gasteiger partial charge in [-0.15, -0.1) is 0 Å². The van der Waals surface area contributed by atoms with E-state index in [1.807, 2.05) is 6.92 Å². The molecule has 0 N–H and O–H groups in total. The number of sulfonamides is 1. The first-order valence-electron chi connectivity index (χ1n) is 6.14. The summed E-state index contributed by atoms with van der Waals surface area (Å²) in [5.41, 5.74) is 0. The maximum Gasteiger partial charge on any atom is 0.246 e. The van der Waals surface area contributed by atoms with Gasteiger partial charge >= 0.3 is 0 Å². The molecule has 8 heteroatoms. The Kier molecular flexibility index (Phi) is 5.28. The van der Waals surface area contributed by atoms with E-state index in [2.05, 4.69) is 0 Å². The summed E-state index contributed by atoms with van der Waals surface area (Å²) in [5.74, 6) is -0.952. The van der Waals surface area contributed by atoms with Crippen molar-refractivity contribution in [2.45, 2.75) is 30.1 Å². The van der Waals surface area contributed by atoms with Crippen molar-refractivity contribution in [1.82, 2.24) is 4.31 Å². The van der Waals surface area contributed by atoms with Crippen LogP contribution < -0.4 is 0 Å². The third-order valence-corrected chi connectivity index (χ3v) is 5.87. The molecule has 0 saturated carbocycles. The third kappa shape index (κ3) is 3.56. The van der Waals surface area contributed by atoms with Gasteiger partial charge in [-0.3, -0.25) is 0 Å². The van der Waals surface area contributed by atoms with Gasteiger partial charge < -0.3 is 0 Å². The molecule has 0 aliphatic heterocycles. The maximum atomic E-state index is 13.8. The number of halogens is 1. The number of hydrogen-bond acceptors (Lipinski definition) is 4. The van der Waals surface area contributed by atoms with Gasteiger partial charge in [0.25, 0.3) is 0 Å². The van der Waals surface area contributed by atoms with Gasteiger partial charge in [0.1, 0.15) is 10.7 Å². The highest BCUT2D eigenvalue weighted by molar-refractivity contribution is 7.91. The highest BCUT2D eigenvalue weighted by Gasteiger charge is 2.27. The summed E-state index contributed by atoms with van der Waals surface area (Å²) in [7, 11) is -7.63. The second-order valence-corrected chi connectivity index (χ2v) is 8.28. The number of benzene rings is 1. The molecule has 1 rings (SSSR count). The fourth-order valence-corrected chi connectivity index (χ4v) is 4.10. The topological polar surface area (TPSA) is 71.5 Å². The average molecular weight is 323 g/mol. The van der Waals surface area contributed by atoms with Crippen LogP contribution >= 0.6 is 0 Å². The van der Waals surface area contributed by atoms with Crippen LogP contribution in [-0.2, 0) is 19.9 Å². The highest BCUT2D eigenvalue weighted by Crippen LogP contribution is 2.23.